The van der Waals surface area contributed by atoms with E-state index in [1.165, 1.54) is 5.56 Å². The molecule has 3 N–H and O–H groups in total. The van der Waals surface area contributed by atoms with Gasteiger partial charge in [0.2, 0.25) is 5.91 Å². The monoisotopic (exact) mass is 379 g/mol. The molecule has 148 valence electrons. The number of likely N-dealkylation sites (tertiary alicyclic amines) is 1. The zero-order chi connectivity index (χ0) is 20.3. The van der Waals surface area contributed by atoms with E-state index in [-0.39, 0.29) is 23.3 Å². The molecule has 2 aromatic carbocycles. The van der Waals surface area contributed by atoms with Crippen molar-refractivity contribution in [2.45, 2.75) is 45.7 Å². The van der Waals surface area contributed by atoms with Crippen LogP contribution in [0.5, 0.6) is 0 Å². The Morgan fingerprint density at radius 1 is 1.07 bits per heavy atom. The van der Waals surface area contributed by atoms with Crippen LogP contribution in [0.4, 0.5) is 5.69 Å². The Balaban J connectivity index is 1.69. The second-order valence-corrected chi connectivity index (χ2v) is 8.48. The van der Waals surface area contributed by atoms with Gasteiger partial charge in [0, 0.05) is 17.8 Å². The van der Waals surface area contributed by atoms with Crippen LogP contribution in [0.25, 0.3) is 0 Å². The zero-order valence-electron chi connectivity index (χ0n) is 16.8. The van der Waals surface area contributed by atoms with Crippen molar-refractivity contribution < 1.29 is 9.59 Å². The van der Waals surface area contributed by atoms with E-state index in [1.54, 1.807) is 24.3 Å². The predicted molar refractivity (Wildman–Crippen MR) is 112 cm³/mol. The van der Waals surface area contributed by atoms with Crippen LogP contribution in [0.3, 0.4) is 0 Å². The molecule has 0 spiro atoms. The lowest BCUT2D eigenvalue weighted by Gasteiger charge is -2.26. The molecule has 3 rings (SSSR count). The molecule has 0 aliphatic carbocycles. The summed E-state index contributed by atoms with van der Waals surface area (Å²) in [4.78, 5) is 27.2. The highest BCUT2D eigenvalue weighted by molar-refractivity contribution is 5.97. The molecule has 5 heteroatoms. The average Bonchev–Trinajstić information content (AvgIpc) is 3.17. The van der Waals surface area contributed by atoms with Crippen LogP contribution in [-0.2, 0) is 4.79 Å². The summed E-state index contributed by atoms with van der Waals surface area (Å²) in [6.45, 7) is 6.55. The van der Waals surface area contributed by atoms with Gasteiger partial charge < -0.3 is 16.0 Å². The number of nitrogens with zero attached hydrogens (tertiary/aromatic N) is 1. The van der Waals surface area contributed by atoms with Crippen molar-refractivity contribution in [3.05, 3.63) is 65.7 Å². The second kappa shape index (κ2) is 8.15. The van der Waals surface area contributed by atoms with Gasteiger partial charge >= 0.3 is 0 Å². The Hall–Kier alpha value is -2.66. The van der Waals surface area contributed by atoms with Gasteiger partial charge in [-0.05, 0) is 48.1 Å². The fraction of sp³-hybridized carbons (Fsp3) is 0.391. The van der Waals surface area contributed by atoms with E-state index in [0.717, 1.165) is 19.4 Å². The molecule has 0 saturated carbocycles. The summed E-state index contributed by atoms with van der Waals surface area (Å²) in [6, 6.07) is 16.7. The number of anilines is 1. The van der Waals surface area contributed by atoms with Crippen molar-refractivity contribution >= 4 is 17.5 Å². The maximum absolute atomic E-state index is 13.0. The van der Waals surface area contributed by atoms with Gasteiger partial charge in [-0.15, -0.1) is 0 Å². The molecule has 1 unspecified atom stereocenters. The van der Waals surface area contributed by atoms with Crippen molar-refractivity contribution in [1.82, 2.24) is 4.90 Å². The third-order valence-corrected chi connectivity index (χ3v) is 5.31. The molecule has 1 heterocycles. The van der Waals surface area contributed by atoms with Gasteiger partial charge in [-0.2, -0.15) is 0 Å². The summed E-state index contributed by atoms with van der Waals surface area (Å²) in [7, 11) is 0. The van der Waals surface area contributed by atoms with Gasteiger partial charge in [0.1, 0.15) is 0 Å². The van der Waals surface area contributed by atoms with E-state index in [0.29, 0.717) is 11.3 Å². The van der Waals surface area contributed by atoms with E-state index in [9.17, 15) is 9.59 Å². The van der Waals surface area contributed by atoms with Crippen LogP contribution in [0.2, 0.25) is 0 Å². The highest BCUT2D eigenvalue weighted by Crippen LogP contribution is 2.33. The van der Waals surface area contributed by atoms with Gasteiger partial charge in [0.15, 0.2) is 0 Å². The Morgan fingerprint density at radius 3 is 2.32 bits per heavy atom. The normalized spacial score (nSPS) is 18.0. The number of nitrogens with one attached hydrogen (secondary N) is 1. The van der Waals surface area contributed by atoms with Crippen molar-refractivity contribution in [3.63, 3.8) is 0 Å². The molecule has 2 atom stereocenters. The molecule has 0 radical (unpaired) electrons. The molecule has 5 nitrogen and oxygen atoms in total. The smallest absolute Gasteiger partial charge is 0.254 e. The Morgan fingerprint density at radius 2 is 1.71 bits per heavy atom. The molecule has 1 aliphatic rings. The van der Waals surface area contributed by atoms with E-state index in [1.807, 2.05) is 43.9 Å². The largest absolute Gasteiger partial charge is 0.332 e. The number of amides is 2. The first kappa shape index (κ1) is 20.1. The molecule has 0 bridgehead atoms. The van der Waals surface area contributed by atoms with Gasteiger partial charge in [-0.25, -0.2) is 0 Å². The van der Waals surface area contributed by atoms with Crippen LogP contribution in [0.1, 0.15) is 55.6 Å². The second-order valence-electron chi connectivity index (χ2n) is 8.48. The fourth-order valence-electron chi connectivity index (χ4n) is 3.51. The quantitative estimate of drug-likeness (QED) is 0.844. The standard InChI is InChI=1S/C23H29N3O2/c1-23(2,3)20(24)21(27)25-18-13-11-17(12-14-18)22(28)26-15-7-10-19(26)16-8-5-4-6-9-16/h4-6,8-9,11-14,19-20H,7,10,15,24H2,1-3H3,(H,25,27)/t19?,20-/m1/s1. The van der Waals surface area contributed by atoms with Crippen LogP contribution in [0, 0.1) is 5.41 Å². The first-order valence-electron chi connectivity index (χ1n) is 9.80. The number of nitrogens with two attached hydrogens (primary N) is 1. The topological polar surface area (TPSA) is 75.4 Å². The van der Waals surface area contributed by atoms with Crippen molar-refractivity contribution in [3.8, 4) is 0 Å². The molecular weight excluding hydrogens is 350 g/mol. The third kappa shape index (κ3) is 4.42. The lowest BCUT2D eigenvalue weighted by molar-refractivity contribution is -0.119. The molecule has 0 aromatic heterocycles. The van der Waals surface area contributed by atoms with E-state index >= 15 is 0 Å². The highest BCUT2D eigenvalue weighted by Gasteiger charge is 2.30. The molecule has 1 aliphatic heterocycles. The number of hydrogen-bond donors (Lipinski definition) is 2. The summed E-state index contributed by atoms with van der Waals surface area (Å²) in [5, 5.41) is 2.83. The van der Waals surface area contributed by atoms with Crippen molar-refractivity contribution in [1.29, 1.82) is 0 Å². The number of carbonyl (C=O) groups is 2. The fourth-order valence-corrected chi connectivity index (χ4v) is 3.51. The van der Waals surface area contributed by atoms with E-state index in [4.69, 9.17) is 5.73 Å². The van der Waals surface area contributed by atoms with Gasteiger partial charge in [-0.1, -0.05) is 51.1 Å². The number of hydrogen-bond acceptors (Lipinski definition) is 3. The minimum absolute atomic E-state index is 0.0237. The zero-order valence-corrected chi connectivity index (χ0v) is 16.8. The molecule has 2 aromatic rings. The first-order chi connectivity index (χ1) is 13.3. The molecule has 1 fully saturated rings. The predicted octanol–water partition coefficient (Wildman–Crippen LogP) is 3.98. The Kier molecular flexibility index (Phi) is 5.84. The van der Waals surface area contributed by atoms with Crippen LogP contribution < -0.4 is 11.1 Å². The number of benzene rings is 2. The van der Waals surface area contributed by atoms with Crippen LogP contribution in [0.15, 0.2) is 54.6 Å². The van der Waals surface area contributed by atoms with Crippen LogP contribution in [-0.4, -0.2) is 29.3 Å². The molecular formula is C23H29N3O2. The van der Waals surface area contributed by atoms with Gasteiger partial charge in [0.05, 0.1) is 12.1 Å². The van der Waals surface area contributed by atoms with E-state index < -0.39 is 6.04 Å². The summed E-state index contributed by atoms with van der Waals surface area (Å²) in [5.41, 5.74) is 8.12. The van der Waals surface area contributed by atoms with Gasteiger partial charge in [0.25, 0.3) is 5.91 Å². The van der Waals surface area contributed by atoms with E-state index in [2.05, 4.69) is 17.4 Å². The Labute approximate surface area is 166 Å². The number of rotatable bonds is 4. The number of carbonyl (C=O) groups excluding carboxylic acids is 2. The lowest BCUT2D eigenvalue weighted by Crippen LogP contribution is -2.45. The summed E-state index contributed by atoms with van der Waals surface area (Å²) >= 11 is 0. The highest BCUT2D eigenvalue weighted by atomic mass is 16.2. The van der Waals surface area contributed by atoms with Crippen molar-refractivity contribution in [2.24, 2.45) is 11.1 Å². The summed E-state index contributed by atoms with van der Waals surface area (Å²) < 4.78 is 0. The summed E-state index contributed by atoms with van der Waals surface area (Å²) in [6.07, 6.45) is 1.98. The lowest BCUT2D eigenvalue weighted by atomic mass is 9.87. The van der Waals surface area contributed by atoms with Gasteiger partial charge in [-0.3, -0.25) is 9.59 Å². The SMILES string of the molecule is CC(C)(C)[C@H](N)C(=O)Nc1ccc(C(=O)N2CCCC2c2ccccc2)cc1. The Bertz CT molecular complexity index is 825. The maximum Gasteiger partial charge on any atom is 0.254 e. The van der Waals surface area contributed by atoms with Crippen molar-refractivity contribution in [2.75, 3.05) is 11.9 Å². The first-order valence-corrected chi connectivity index (χ1v) is 9.80. The molecule has 1 saturated heterocycles. The molecule has 2 amide bonds. The maximum atomic E-state index is 13.0. The molecule has 28 heavy (non-hydrogen) atoms. The van der Waals surface area contributed by atoms with Crippen LogP contribution >= 0.6 is 0 Å². The minimum atomic E-state index is -0.606. The third-order valence-electron chi connectivity index (χ3n) is 5.31. The minimum Gasteiger partial charge on any atom is -0.332 e. The summed E-state index contributed by atoms with van der Waals surface area (Å²) in [5.74, 6) is -0.203. The average molecular weight is 380 g/mol.